The molecular formula is C2H3ClO2Sr. The molecule has 6 heavy (non-hydrogen) atoms. The quantitative estimate of drug-likeness (QED) is 0.354. The van der Waals surface area contributed by atoms with Gasteiger partial charge in [0.05, 0.1) is 0 Å². The van der Waals surface area contributed by atoms with E-state index >= 15 is 0 Å². The van der Waals surface area contributed by atoms with E-state index in [9.17, 15) is 0 Å². The molecule has 0 radical (unpaired) electrons. The molecule has 0 fully saturated rings. The van der Waals surface area contributed by atoms with E-state index in [0.29, 0.717) is 0 Å². The van der Waals surface area contributed by atoms with E-state index in [1.54, 1.807) is 0 Å². The Morgan fingerprint density at radius 1 is 1.67 bits per heavy atom. The van der Waals surface area contributed by atoms with Gasteiger partial charge >= 0.3 is 45.5 Å². The van der Waals surface area contributed by atoms with E-state index in [-0.39, 0.29) is 57.9 Å². The second-order valence-electron chi connectivity index (χ2n) is 0.492. The number of carbonyl (C=O) groups is 1. The number of carboxylic acids is 1. The Hall–Kier alpha value is 1.24. The Morgan fingerprint density at radius 2 is 1.67 bits per heavy atom. The predicted molar refractivity (Wildman–Crippen MR) is 16.4 cm³/mol. The summed E-state index contributed by atoms with van der Waals surface area (Å²) in [6.45, 7) is 0.972. The second-order valence-corrected chi connectivity index (χ2v) is 0.492. The van der Waals surface area contributed by atoms with E-state index in [2.05, 4.69) is 0 Å². The Labute approximate surface area is 79.6 Å². The third-order valence-corrected chi connectivity index (χ3v) is 0. The van der Waals surface area contributed by atoms with E-state index in [1.807, 2.05) is 0 Å². The molecule has 0 aliphatic heterocycles. The van der Waals surface area contributed by atoms with Crippen molar-refractivity contribution in [2.24, 2.45) is 0 Å². The largest absolute Gasteiger partial charge is 2.00 e. The number of carbonyl (C=O) groups excluding carboxylic acids is 1. The van der Waals surface area contributed by atoms with Crippen LogP contribution in [0.2, 0.25) is 0 Å². The minimum absolute atomic E-state index is 0. The van der Waals surface area contributed by atoms with Crippen molar-refractivity contribution < 1.29 is 22.3 Å². The van der Waals surface area contributed by atoms with Crippen molar-refractivity contribution in [3.8, 4) is 0 Å². The summed E-state index contributed by atoms with van der Waals surface area (Å²) < 4.78 is 0. The molecule has 0 aromatic carbocycles. The van der Waals surface area contributed by atoms with E-state index < -0.39 is 5.97 Å². The number of halogens is 1. The summed E-state index contributed by atoms with van der Waals surface area (Å²) in [7, 11) is 0. The zero-order valence-corrected chi connectivity index (χ0v) is 7.63. The first-order valence-corrected chi connectivity index (χ1v) is 0.908. The third kappa shape index (κ3) is 61.2. The minimum Gasteiger partial charge on any atom is -1.00 e. The maximum Gasteiger partial charge on any atom is 2.00 e. The van der Waals surface area contributed by atoms with Crippen molar-refractivity contribution in [1.82, 2.24) is 0 Å². The van der Waals surface area contributed by atoms with Crippen molar-refractivity contribution in [3.05, 3.63) is 0 Å². The summed E-state index contributed by atoms with van der Waals surface area (Å²) in [5.41, 5.74) is 0. The summed E-state index contributed by atoms with van der Waals surface area (Å²) >= 11 is 0. The van der Waals surface area contributed by atoms with Crippen LogP contribution in [-0.4, -0.2) is 51.5 Å². The molecule has 0 N–H and O–H groups in total. The summed E-state index contributed by atoms with van der Waals surface area (Å²) in [6, 6.07) is 0. The zero-order chi connectivity index (χ0) is 3.58. The third-order valence-electron chi connectivity index (χ3n) is 0. The fourth-order valence-corrected chi connectivity index (χ4v) is 0. The molecule has 0 unspecified atom stereocenters. The Bertz CT molecular complexity index is 34.5. The molecule has 0 spiro atoms. The SMILES string of the molecule is CC(=O)[O-].[Cl-].[Sr+2]. The zero-order valence-electron chi connectivity index (χ0n) is 3.40. The first-order chi connectivity index (χ1) is 1.73. The molecular weight excluding hydrogens is 179 g/mol. The van der Waals surface area contributed by atoms with Gasteiger partial charge in [0.25, 0.3) is 0 Å². The van der Waals surface area contributed by atoms with Gasteiger partial charge in [0.1, 0.15) is 0 Å². The van der Waals surface area contributed by atoms with Crippen LogP contribution in [0.15, 0.2) is 0 Å². The van der Waals surface area contributed by atoms with Crippen LogP contribution < -0.4 is 17.5 Å². The van der Waals surface area contributed by atoms with Gasteiger partial charge in [-0.25, -0.2) is 0 Å². The van der Waals surface area contributed by atoms with Crippen LogP contribution in [-0.2, 0) is 4.79 Å². The fraction of sp³-hybridized carbons (Fsp3) is 0.500. The van der Waals surface area contributed by atoms with Crippen molar-refractivity contribution in [1.29, 1.82) is 0 Å². The number of aliphatic carboxylic acids is 1. The molecule has 0 aliphatic carbocycles. The maximum absolute atomic E-state index is 8.89. The minimum atomic E-state index is -1.08. The van der Waals surface area contributed by atoms with Gasteiger partial charge < -0.3 is 22.3 Å². The molecule has 0 atom stereocenters. The van der Waals surface area contributed by atoms with E-state index in [1.165, 1.54) is 0 Å². The summed E-state index contributed by atoms with van der Waals surface area (Å²) in [5, 5.41) is 8.89. The molecule has 0 rings (SSSR count). The van der Waals surface area contributed by atoms with Crippen LogP contribution in [0.1, 0.15) is 6.92 Å². The average Bonchev–Trinajstić information content (AvgIpc) is 0.811. The van der Waals surface area contributed by atoms with Gasteiger partial charge in [0.15, 0.2) is 0 Å². The van der Waals surface area contributed by atoms with Crippen LogP contribution in [0, 0.1) is 0 Å². The van der Waals surface area contributed by atoms with Crippen LogP contribution in [0.3, 0.4) is 0 Å². The van der Waals surface area contributed by atoms with Crippen LogP contribution >= 0.6 is 0 Å². The van der Waals surface area contributed by atoms with Crippen LogP contribution in [0.5, 0.6) is 0 Å². The standard InChI is InChI=1S/C2H4O2.ClH.Sr/c1-2(3)4;;/h1H3,(H,3,4);1H;/q;;+2/p-2. The van der Waals surface area contributed by atoms with Crippen molar-refractivity contribution in [2.75, 3.05) is 0 Å². The van der Waals surface area contributed by atoms with Crippen LogP contribution in [0.4, 0.5) is 0 Å². The summed E-state index contributed by atoms with van der Waals surface area (Å²) in [4.78, 5) is 8.89. The molecule has 0 aromatic rings. The van der Waals surface area contributed by atoms with Gasteiger partial charge in [-0.15, -0.1) is 0 Å². The Kier molecular flexibility index (Phi) is 24.9. The smallest absolute Gasteiger partial charge is 1.00 e. The fourth-order valence-electron chi connectivity index (χ4n) is 0. The first kappa shape index (κ1) is 15.7. The first-order valence-electron chi connectivity index (χ1n) is 0.908. The van der Waals surface area contributed by atoms with Gasteiger partial charge in [-0.2, -0.15) is 0 Å². The van der Waals surface area contributed by atoms with Crippen molar-refractivity contribution >= 4 is 51.5 Å². The Balaban J connectivity index is -0.0000000450. The normalized spacial score (nSPS) is 4.17. The maximum atomic E-state index is 8.89. The van der Waals surface area contributed by atoms with Gasteiger partial charge in [0.2, 0.25) is 0 Å². The predicted octanol–water partition coefficient (Wildman–Crippen LogP) is -4.62. The van der Waals surface area contributed by atoms with Gasteiger partial charge in [-0.1, -0.05) is 0 Å². The number of hydrogen-bond acceptors (Lipinski definition) is 2. The molecule has 0 bridgehead atoms. The molecule has 4 heteroatoms. The van der Waals surface area contributed by atoms with Crippen LogP contribution in [0.25, 0.3) is 0 Å². The molecule has 0 aromatic heterocycles. The van der Waals surface area contributed by atoms with Crippen molar-refractivity contribution in [3.63, 3.8) is 0 Å². The molecule has 0 amide bonds. The molecule has 0 saturated carbocycles. The molecule has 2 nitrogen and oxygen atoms in total. The number of carboxylic acid groups (broad SMARTS) is 1. The van der Waals surface area contributed by atoms with Gasteiger partial charge in [-0.05, 0) is 6.92 Å². The number of rotatable bonds is 0. The second kappa shape index (κ2) is 9.53. The monoisotopic (exact) mass is 182 g/mol. The van der Waals surface area contributed by atoms with Crippen molar-refractivity contribution in [2.45, 2.75) is 6.92 Å². The Morgan fingerprint density at radius 3 is 1.67 bits per heavy atom. The molecule has 32 valence electrons. The van der Waals surface area contributed by atoms with E-state index in [4.69, 9.17) is 9.90 Å². The topological polar surface area (TPSA) is 40.1 Å². The van der Waals surface area contributed by atoms with E-state index in [0.717, 1.165) is 6.92 Å². The number of hydrogen-bond donors (Lipinski definition) is 0. The van der Waals surface area contributed by atoms with Gasteiger partial charge in [0, 0.05) is 5.97 Å². The molecule has 0 heterocycles. The summed E-state index contributed by atoms with van der Waals surface area (Å²) in [5.74, 6) is -1.08. The van der Waals surface area contributed by atoms with Gasteiger partial charge in [-0.3, -0.25) is 0 Å². The summed E-state index contributed by atoms with van der Waals surface area (Å²) in [6.07, 6.45) is 0. The average molecular weight is 182 g/mol. The molecule has 0 saturated heterocycles. The molecule has 0 aliphatic rings.